The van der Waals surface area contributed by atoms with Crippen molar-refractivity contribution < 1.29 is 9.66 Å². The van der Waals surface area contributed by atoms with Gasteiger partial charge in [0, 0.05) is 12.1 Å². The Labute approximate surface area is 171 Å². The number of aromatic nitrogens is 2. The van der Waals surface area contributed by atoms with E-state index in [1.54, 1.807) is 43.5 Å². The fourth-order valence-corrected chi connectivity index (χ4v) is 3.12. The molecule has 1 heterocycles. The number of nitro groups is 1. The number of non-ortho nitro benzene ring substituents is 1. The highest BCUT2D eigenvalue weighted by Gasteiger charge is 2.12. The van der Waals surface area contributed by atoms with Gasteiger partial charge < -0.3 is 4.74 Å². The maximum absolute atomic E-state index is 13.2. The molecule has 0 radical (unpaired) electrons. The van der Waals surface area contributed by atoms with Gasteiger partial charge in [0.25, 0.3) is 11.2 Å². The van der Waals surface area contributed by atoms with Crippen molar-refractivity contribution in [1.82, 2.24) is 9.55 Å². The molecule has 0 saturated heterocycles. The summed E-state index contributed by atoms with van der Waals surface area (Å²) in [6, 6.07) is 20.4. The van der Waals surface area contributed by atoms with Gasteiger partial charge in [-0.3, -0.25) is 19.5 Å². The van der Waals surface area contributed by atoms with Gasteiger partial charge in [0.2, 0.25) is 0 Å². The quantitative estimate of drug-likeness (QED) is 0.365. The van der Waals surface area contributed by atoms with Crippen LogP contribution in [0.2, 0.25) is 0 Å². The molecular weight excluding hydrogens is 382 g/mol. The molecule has 0 fully saturated rings. The van der Waals surface area contributed by atoms with Crippen LogP contribution in [-0.4, -0.2) is 21.6 Å². The van der Waals surface area contributed by atoms with E-state index in [9.17, 15) is 14.9 Å². The van der Waals surface area contributed by atoms with Crippen molar-refractivity contribution >= 4 is 28.7 Å². The second kappa shape index (κ2) is 8.00. The van der Waals surface area contributed by atoms with Gasteiger partial charge in [-0.1, -0.05) is 30.3 Å². The van der Waals surface area contributed by atoms with Crippen LogP contribution >= 0.6 is 0 Å². The minimum Gasteiger partial charge on any atom is -0.497 e. The third-order valence-electron chi connectivity index (χ3n) is 4.66. The number of rotatable bonds is 5. The second-order valence-corrected chi connectivity index (χ2v) is 6.51. The standard InChI is InChI=1S/C23H17N3O4/c1-30-19-13-6-16(7-14-19)8-15-22-24-21-5-3-2-4-20(21)23(27)25(22)17-9-11-18(12-10-17)26(28)29/h2-15H,1H3/b15-8+. The first kappa shape index (κ1) is 19.1. The Bertz CT molecular complexity index is 1310. The van der Waals surface area contributed by atoms with Crippen LogP contribution in [0.4, 0.5) is 5.69 Å². The molecule has 4 rings (SSSR count). The van der Waals surface area contributed by atoms with Crippen molar-refractivity contribution in [3.05, 3.63) is 105 Å². The lowest BCUT2D eigenvalue weighted by Crippen LogP contribution is -2.22. The van der Waals surface area contributed by atoms with E-state index in [1.807, 2.05) is 36.4 Å². The third kappa shape index (κ3) is 3.68. The number of para-hydroxylation sites is 1. The van der Waals surface area contributed by atoms with Gasteiger partial charge in [0.05, 0.1) is 28.6 Å². The zero-order chi connectivity index (χ0) is 21.1. The Kier molecular flexibility index (Phi) is 5.09. The SMILES string of the molecule is COc1ccc(/C=C/c2nc3ccccc3c(=O)n2-c2ccc([N+](=O)[O-])cc2)cc1. The fourth-order valence-electron chi connectivity index (χ4n) is 3.12. The van der Waals surface area contributed by atoms with Crippen LogP contribution in [0.25, 0.3) is 28.7 Å². The van der Waals surface area contributed by atoms with Gasteiger partial charge in [-0.05, 0) is 48.0 Å². The zero-order valence-corrected chi connectivity index (χ0v) is 16.1. The number of hydrogen-bond acceptors (Lipinski definition) is 5. The van der Waals surface area contributed by atoms with Crippen molar-refractivity contribution in [1.29, 1.82) is 0 Å². The highest BCUT2D eigenvalue weighted by atomic mass is 16.6. The minimum absolute atomic E-state index is 0.0455. The maximum Gasteiger partial charge on any atom is 0.269 e. The molecule has 0 aliphatic rings. The molecule has 0 atom stereocenters. The first-order valence-electron chi connectivity index (χ1n) is 9.15. The van der Waals surface area contributed by atoms with E-state index >= 15 is 0 Å². The largest absolute Gasteiger partial charge is 0.497 e. The van der Waals surface area contributed by atoms with Gasteiger partial charge in [0.15, 0.2) is 0 Å². The van der Waals surface area contributed by atoms with Gasteiger partial charge in [-0.2, -0.15) is 0 Å². The highest BCUT2D eigenvalue weighted by Crippen LogP contribution is 2.19. The van der Waals surface area contributed by atoms with Crippen LogP contribution in [0.5, 0.6) is 5.75 Å². The second-order valence-electron chi connectivity index (χ2n) is 6.51. The summed E-state index contributed by atoms with van der Waals surface area (Å²) in [6.07, 6.45) is 3.59. The summed E-state index contributed by atoms with van der Waals surface area (Å²) in [5.74, 6) is 1.17. The smallest absolute Gasteiger partial charge is 0.269 e. The summed E-state index contributed by atoms with van der Waals surface area (Å²) in [5.41, 5.74) is 1.70. The van der Waals surface area contributed by atoms with Gasteiger partial charge in [-0.15, -0.1) is 0 Å². The fraction of sp³-hybridized carbons (Fsp3) is 0.0435. The predicted molar refractivity (Wildman–Crippen MR) is 116 cm³/mol. The zero-order valence-electron chi connectivity index (χ0n) is 16.1. The number of nitro benzene ring substituents is 1. The summed E-state index contributed by atoms with van der Waals surface area (Å²) in [4.78, 5) is 28.3. The van der Waals surface area contributed by atoms with Gasteiger partial charge in [0.1, 0.15) is 11.6 Å². The minimum atomic E-state index is -0.477. The van der Waals surface area contributed by atoms with Crippen molar-refractivity contribution in [3.63, 3.8) is 0 Å². The molecule has 0 saturated carbocycles. The lowest BCUT2D eigenvalue weighted by Gasteiger charge is -2.11. The molecule has 148 valence electrons. The molecule has 1 aromatic heterocycles. The van der Waals surface area contributed by atoms with E-state index in [2.05, 4.69) is 4.98 Å². The average Bonchev–Trinajstić information content (AvgIpc) is 2.78. The molecule has 0 spiro atoms. The van der Waals surface area contributed by atoms with Crippen molar-refractivity contribution in [2.75, 3.05) is 7.11 Å². The van der Waals surface area contributed by atoms with Crippen molar-refractivity contribution in [3.8, 4) is 11.4 Å². The normalized spacial score (nSPS) is 11.1. The molecule has 0 aliphatic carbocycles. The number of ether oxygens (including phenoxy) is 1. The molecule has 0 N–H and O–H groups in total. The van der Waals surface area contributed by atoms with E-state index in [4.69, 9.17) is 4.74 Å². The van der Waals surface area contributed by atoms with Crippen LogP contribution in [-0.2, 0) is 0 Å². The molecule has 30 heavy (non-hydrogen) atoms. The van der Waals surface area contributed by atoms with Crippen LogP contribution in [0.15, 0.2) is 77.6 Å². The average molecular weight is 399 g/mol. The van der Waals surface area contributed by atoms with Crippen LogP contribution in [0.3, 0.4) is 0 Å². The molecule has 4 aromatic rings. The topological polar surface area (TPSA) is 87.3 Å². The first-order valence-corrected chi connectivity index (χ1v) is 9.15. The molecule has 0 aliphatic heterocycles. The van der Waals surface area contributed by atoms with E-state index < -0.39 is 4.92 Å². The van der Waals surface area contributed by atoms with E-state index in [1.165, 1.54) is 16.7 Å². The van der Waals surface area contributed by atoms with E-state index in [0.29, 0.717) is 22.4 Å². The van der Waals surface area contributed by atoms with Gasteiger partial charge >= 0.3 is 0 Å². The summed E-state index contributed by atoms with van der Waals surface area (Å²) in [6.45, 7) is 0. The Morgan fingerprint density at radius 2 is 1.67 bits per heavy atom. The lowest BCUT2D eigenvalue weighted by molar-refractivity contribution is -0.384. The van der Waals surface area contributed by atoms with Crippen LogP contribution in [0.1, 0.15) is 11.4 Å². The van der Waals surface area contributed by atoms with Crippen molar-refractivity contribution in [2.24, 2.45) is 0 Å². The summed E-state index contributed by atoms with van der Waals surface area (Å²) in [5, 5.41) is 11.4. The Hall–Kier alpha value is -4.26. The predicted octanol–water partition coefficient (Wildman–Crippen LogP) is 4.47. The van der Waals surface area contributed by atoms with Gasteiger partial charge in [-0.25, -0.2) is 4.98 Å². The van der Waals surface area contributed by atoms with E-state index in [0.717, 1.165) is 11.3 Å². The van der Waals surface area contributed by atoms with E-state index in [-0.39, 0.29) is 11.2 Å². The molecule has 0 amide bonds. The molecule has 7 nitrogen and oxygen atoms in total. The third-order valence-corrected chi connectivity index (χ3v) is 4.66. The Balaban J connectivity index is 1.86. The Morgan fingerprint density at radius 3 is 2.33 bits per heavy atom. The van der Waals surface area contributed by atoms with Crippen LogP contribution < -0.4 is 10.3 Å². The maximum atomic E-state index is 13.2. The molecule has 7 heteroatoms. The Morgan fingerprint density at radius 1 is 0.967 bits per heavy atom. The number of methoxy groups -OCH3 is 1. The van der Waals surface area contributed by atoms with Crippen LogP contribution in [0, 0.1) is 10.1 Å². The summed E-state index contributed by atoms with van der Waals surface area (Å²) in [7, 11) is 1.60. The molecule has 3 aromatic carbocycles. The molecule has 0 bridgehead atoms. The van der Waals surface area contributed by atoms with Crippen molar-refractivity contribution in [2.45, 2.75) is 0 Å². The molecular formula is C23H17N3O4. The number of fused-ring (bicyclic) bond motifs is 1. The first-order chi connectivity index (χ1) is 14.6. The summed E-state index contributed by atoms with van der Waals surface area (Å²) >= 11 is 0. The number of benzene rings is 3. The monoisotopic (exact) mass is 399 g/mol. The summed E-state index contributed by atoms with van der Waals surface area (Å²) < 4.78 is 6.62. The number of nitrogens with zero attached hydrogens (tertiary/aromatic N) is 3. The molecule has 0 unspecified atom stereocenters. The lowest BCUT2D eigenvalue weighted by atomic mass is 10.2. The number of hydrogen-bond donors (Lipinski definition) is 0. The highest BCUT2D eigenvalue weighted by molar-refractivity contribution is 5.80.